The predicted octanol–water partition coefficient (Wildman–Crippen LogP) is 4.00. The monoisotopic (exact) mass is 326 g/mol. The largest absolute Gasteiger partial charge is 0.476 e. The van der Waals surface area contributed by atoms with Gasteiger partial charge < -0.3 is 4.74 Å². The van der Waals surface area contributed by atoms with Crippen molar-refractivity contribution in [1.29, 1.82) is 0 Å². The van der Waals surface area contributed by atoms with Crippen LogP contribution in [0.1, 0.15) is 12.8 Å². The zero-order valence-electron chi connectivity index (χ0n) is 12.1. The van der Waals surface area contributed by atoms with Crippen molar-refractivity contribution in [1.82, 2.24) is 9.88 Å². The number of fused-ring (bicyclic) bond motifs is 1. The molecule has 1 aliphatic rings. The average molecular weight is 327 g/mol. The number of ether oxygens (including phenoxy) is 1. The quantitative estimate of drug-likeness (QED) is 0.849. The Morgan fingerprint density at radius 1 is 1.23 bits per heavy atom. The third-order valence-corrected chi connectivity index (χ3v) is 4.16. The van der Waals surface area contributed by atoms with Crippen LogP contribution in [0, 0.1) is 0 Å². The molecule has 0 N–H and O–H groups in total. The van der Waals surface area contributed by atoms with Gasteiger partial charge in [-0.15, -0.1) is 0 Å². The molecule has 3 nitrogen and oxygen atoms in total. The zero-order valence-corrected chi connectivity index (χ0v) is 12.8. The van der Waals surface area contributed by atoms with Gasteiger partial charge >= 0.3 is 0 Å². The zero-order chi connectivity index (χ0) is 15.6. The minimum absolute atomic E-state index is 0.0743. The lowest BCUT2D eigenvalue weighted by atomic mass is 10.1. The minimum Gasteiger partial charge on any atom is -0.476 e. The van der Waals surface area contributed by atoms with E-state index in [1.54, 1.807) is 6.20 Å². The molecule has 1 saturated heterocycles. The van der Waals surface area contributed by atoms with Gasteiger partial charge in [-0.1, -0.05) is 17.7 Å². The lowest BCUT2D eigenvalue weighted by Crippen LogP contribution is -2.41. The second kappa shape index (κ2) is 6.34. The summed E-state index contributed by atoms with van der Waals surface area (Å²) in [5, 5.41) is 2.50. The molecule has 2 aromatic rings. The van der Waals surface area contributed by atoms with Gasteiger partial charge in [0.1, 0.15) is 6.61 Å². The molecule has 22 heavy (non-hydrogen) atoms. The van der Waals surface area contributed by atoms with Crippen molar-refractivity contribution in [3.63, 3.8) is 0 Å². The van der Waals surface area contributed by atoms with E-state index in [0.29, 0.717) is 37.1 Å². The number of nitrogens with zero attached hydrogens (tertiary/aromatic N) is 2. The SMILES string of the molecule is FC1(F)CCN(CCOc2nccc3ccc(Cl)cc23)CC1. The fourth-order valence-corrected chi connectivity index (χ4v) is 2.78. The van der Waals surface area contributed by atoms with E-state index >= 15 is 0 Å². The first-order chi connectivity index (χ1) is 10.5. The number of halogens is 3. The molecule has 0 radical (unpaired) electrons. The molecule has 1 aliphatic heterocycles. The molecule has 0 amide bonds. The molecule has 3 rings (SSSR count). The van der Waals surface area contributed by atoms with Crippen LogP contribution in [0.3, 0.4) is 0 Å². The van der Waals surface area contributed by atoms with Crippen LogP contribution in [0.2, 0.25) is 5.02 Å². The Hall–Kier alpha value is -1.46. The highest BCUT2D eigenvalue weighted by atomic mass is 35.5. The maximum absolute atomic E-state index is 13.1. The van der Waals surface area contributed by atoms with Gasteiger partial charge in [0.2, 0.25) is 5.88 Å². The van der Waals surface area contributed by atoms with E-state index in [1.165, 1.54) is 0 Å². The van der Waals surface area contributed by atoms with E-state index in [9.17, 15) is 8.78 Å². The molecule has 0 spiro atoms. The van der Waals surface area contributed by atoms with Crippen LogP contribution >= 0.6 is 11.6 Å². The van der Waals surface area contributed by atoms with Crippen molar-refractivity contribution in [3.05, 3.63) is 35.5 Å². The Morgan fingerprint density at radius 3 is 2.77 bits per heavy atom. The van der Waals surface area contributed by atoms with Gasteiger partial charge in [0.05, 0.1) is 0 Å². The normalized spacial score (nSPS) is 18.5. The van der Waals surface area contributed by atoms with Gasteiger partial charge in [0.25, 0.3) is 5.92 Å². The number of alkyl halides is 2. The molecular formula is C16H17ClF2N2O. The van der Waals surface area contributed by atoms with E-state index in [1.807, 2.05) is 29.2 Å². The van der Waals surface area contributed by atoms with E-state index in [0.717, 1.165) is 10.8 Å². The number of likely N-dealkylation sites (tertiary alicyclic amines) is 1. The van der Waals surface area contributed by atoms with Gasteiger partial charge in [-0.3, -0.25) is 4.90 Å². The third kappa shape index (κ3) is 3.65. The molecule has 0 atom stereocenters. The Kier molecular flexibility index (Phi) is 4.45. The highest BCUT2D eigenvalue weighted by Crippen LogP contribution is 2.28. The van der Waals surface area contributed by atoms with Gasteiger partial charge in [0, 0.05) is 49.1 Å². The predicted molar refractivity (Wildman–Crippen MR) is 82.9 cm³/mol. The summed E-state index contributed by atoms with van der Waals surface area (Å²) in [7, 11) is 0. The van der Waals surface area contributed by atoms with E-state index in [2.05, 4.69) is 4.98 Å². The van der Waals surface area contributed by atoms with E-state index in [-0.39, 0.29) is 12.8 Å². The maximum Gasteiger partial charge on any atom is 0.250 e. The maximum atomic E-state index is 13.1. The van der Waals surface area contributed by atoms with Crippen LogP contribution in [-0.4, -0.2) is 42.0 Å². The molecule has 2 heterocycles. The smallest absolute Gasteiger partial charge is 0.250 e. The minimum atomic E-state index is -2.51. The van der Waals surface area contributed by atoms with Gasteiger partial charge in [-0.2, -0.15) is 0 Å². The molecule has 1 fully saturated rings. The first-order valence-corrected chi connectivity index (χ1v) is 7.69. The molecule has 1 aromatic carbocycles. The topological polar surface area (TPSA) is 25.4 Å². The van der Waals surface area contributed by atoms with Crippen molar-refractivity contribution in [2.75, 3.05) is 26.2 Å². The van der Waals surface area contributed by atoms with Gasteiger partial charge in [0.15, 0.2) is 0 Å². The number of pyridine rings is 1. The lowest BCUT2D eigenvalue weighted by molar-refractivity contribution is -0.0564. The molecule has 0 aliphatic carbocycles. The lowest BCUT2D eigenvalue weighted by Gasteiger charge is -2.31. The summed E-state index contributed by atoms with van der Waals surface area (Å²) >= 11 is 6.01. The fourth-order valence-electron chi connectivity index (χ4n) is 2.60. The Morgan fingerprint density at radius 2 is 2.00 bits per heavy atom. The molecule has 0 bridgehead atoms. The number of hydrogen-bond acceptors (Lipinski definition) is 3. The van der Waals surface area contributed by atoms with Crippen LogP contribution in [0.25, 0.3) is 10.8 Å². The fraction of sp³-hybridized carbons (Fsp3) is 0.438. The Bertz CT molecular complexity index is 656. The summed E-state index contributed by atoms with van der Waals surface area (Å²) in [4.78, 5) is 6.23. The first-order valence-electron chi connectivity index (χ1n) is 7.31. The average Bonchev–Trinajstić information content (AvgIpc) is 2.49. The van der Waals surface area contributed by atoms with Gasteiger partial charge in [-0.25, -0.2) is 13.8 Å². The van der Waals surface area contributed by atoms with Crippen molar-refractivity contribution < 1.29 is 13.5 Å². The standard InChI is InChI=1S/C16H17ClF2N2O/c17-13-2-1-12-3-6-20-15(14(12)11-13)22-10-9-21-7-4-16(18,19)5-8-21/h1-3,6,11H,4-5,7-10H2. The Balaban J connectivity index is 1.59. The molecule has 6 heteroatoms. The van der Waals surface area contributed by atoms with Crippen LogP contribution in [0.4, 0.5) is 8.78 Å². The summed E-state index contributed by atoms with van der Waals surface area (Å²) in [5.74, 6) is -1.98. The summed E-state index contributed by atoms with van der Waals surface area (Å²) in [5.41, 5.74) is 0. The van der Waals surface area contributed by atoms with E-state index < -0.39 is 5.92 Å². The van der Waals surface area contributed by atoms with Crippen molar-refractivity contribution in [3.8, 4) is 5.88 Å². The van der Waals surface area contributed by atoms with Crippen LogP contribution in [0.15, 0.2) is 30.5 Å². The van der Waals surface area contributed by atoms with Crippen molar-refractivity contribution >= 4 is 22.4 Å². The molecule has 118 valence electrons. The van der Waals surface area contributed by atoms with E-state index in [4.69, 9.17) is 16.3 Å². The number of benzene rings is 1. The number of hydrogen-bond donors (Lipinski definition) is 0. The second-order valence-corrected chi connectivity index (χ2v) is 5.96. The first kappa shape index (κ1) is 15.4. The third-order valence-electron chi connectivity index (χ3n) is 3.93. The summed E-state index contributed by atoms with van der Waals surface area (Å²) in [6.07, 6.45) is 1.54. The summed E-state index contributed by atoms with van der Waals surface area (Å²) in [6, 6.07) is 7.45. The summed E-state index contributed by atoms with van der Waals surface area (Å²) < 4.78 is 31.9. The van der Waals surface area contributed by atoms with Crippen molar-refractivity contribution in [2.24, 2.45) is 0 Å². The second-order valence-electron chi connectivity index (χ2n) is 5.53. The summed E-state index contributed by atoms with van der Waals surface area (Å²) in [6.45, 7) is 1.86. The number of piperidine rings is 1. The van der Waals surface area contributed by atoms with Gasteiger partial charge in [-0.05, 0) is 23.6 Å². The molecule has 0 saturated carbocycles. The molecular weight excluding hydrogens is 310 g/mol. The van der Waals surface area contributed by atoms with Crippen LogP contribution in [0.5, 0.6) is 5.88 Å². The van der Waals surface area contributed by atoms with Crippen LogP contribution in [-0.2, 0) is 0 Å². The number of rotatable bonds is 4. The highest BCUT2D eigenvalue weighted by molar-refractivity contribution is 6.31. The molecule has 0 unspecified atom stereocenters. The molecule has 1 aromatic heterocycles. The van der Waals surface area contributed by atoms with Crippen molar-refractivity contribution in [2.45, 2.75) is 18.8 Å². The highest BCUT2D eigenvalue weighted by Gasteiger charge is 2.33. The Labute approximate surface area is 132 Å². The van der Waals surface area contributed by atoms with Crippen LogP contribution < -0.4 is 4.74 Å². The number of aromatic nitrogens is 1.